The second kappa shape index (κ2) is 18.1. The zero-order valence-corrected chi connectivity index (χ0v) is 43.9. The molecule has 2 aliphatic rings. The molecule has 0 nitrogen and oxygen atoms in total. The highest BCUT2D eigenvalue weighted by atomic mass is 19.4. The summed E-state index contributed by atoms with van der Waals surface area (Å²) in [4.78, 5) is 0. The topological polar surface area (TPSA) is 0 Å². The highest BCUT2D eigenvalue weighted by Crippen LogP contribution is 2.64. The van der Waals surface area contributed by atoms with E-state index in [0.717, 1.165) is 104 Å². The maximum absolute atomic E-state index is 15.1. The molecule has 0 saturated heterocycles. The van der Waals surface area contributed by atoms with Crippen LogP contribution in [0.5, 0.6) is 0 Å². The van der Waals surface area contributed by atoms with Gasteiger partial charge in [-0.05, 0) is 166 Å². The molecule has 0 spiro atoms. The molecule has 8 rings (SSSR count). The van der Waals surface area contributed by atoms with E-state index in [-0.39, 0.29) is 21.7 Å². The lowest BCUT2D eigenvalue weighted by molar-refractivity contribution is -0.138. The molecule has 6 aromatic rings. The molecule has 2 unspecified atom stereocenters. The van der Waals surface area contributed by atoms with Gasteiger partial charge in [0.15, 0.2) is 0 Å². The molecule has 6 heteroatoms. The molecular formula is C65H70F6. The summed E-state index contributed by atoms with van der Waals surface area (Å²) in [6, 6.07) is 35.0. The number of fused-ring (bicyclic) bond motifs is 3. The van der Waals surface area contributed by atoms with Crippen LogP contribution >= 0.6 is 0 Å². The number of halogens is 6. The predicted molar refractivity (Wildman–Crippen MR) is 285 cm³/mol. The zero-order valence-electron chi connectivity index (χ0n) is 43.9. The van der Waals surface area contributed by atoms with Gasteiger partial charge < -0.3 is 0 Å². The number of hydrogen-bond acceptors (Lipinski definition) is 0. The summed E-state index contributed by atoms with van der Waals surface area (Å²) in [5.74, 6) is -0.520. The third kappa shape index (κ3) is 9.16. The molecule has 0 heterocycles. The van der Waals surface area contributed by atoms with Gasteiger partial charge in [0, 0.05) is 11.3 Å². The van der Waals surface area contributed by atoms with Gasteiger partial charge in [0.1, 0.15) is 0 Å². The van der Waals surface area contributed by atoms with E-state index in [9.17, 15) is 0 Å². The Kier molecular flexibility index (Phi) is 13.2. The van der Waals surface area contributed by atoms with Crippen LogP contribution in [0.2, 0.25) is 0 Å². The largest absolute Gasteiger partial charge is 0.416 e. The van der Waals surface area contributed by atoms with Gasteiger partial charge >= 0.3 is 12.4 Å². The van der Waals surface area contributed by atoms with Gasteiger partial charge in [0.25, 0.3) is 0 Å². The van der Waals surface area contributed by atoms with Crippen LogP contribution in [0.25, 0.3) is 38.6 Å². The SMILES string of the molecule is CCC(C)(C)C1=CC2=C(c3cccc(C(F)(F)F)c3)c3c(c(-c4cccc(C(F)(F)F)c4)c4cc(C(C)(C)CC)ccc4c3-c3ccc(C(C)(C)CC)cc3)C(c3ccc(C(C)(C)CC)cc3)C2(C)C=C1. The molecule has 0 N–H and O–H groups in total. The third-order valence-electron chi connectivity index (χ3n) is 17.3. The van der Waals surface area contributed by atoms with E-state index in [1.807, 2.05) is 0 Å². The lowest BCUT2D eigenvalue weighted by Crippen LogP contribution is -2.35. The Labute approximate surface area is 419 Å². The van der Waals surface area contributed by atoms with Crippen molar-refractivity contribution in [2.45, 2.75) is 150 Å². The fourth-order valence-electron chi connectivity index (χ4n) is 10.8. The summed E-state index contributed by atoms with van der Waals surface area (Å²) >= 11 is 0. The van der Waals surface area contributed by atoms with E-state index in [1.165, 1.54) is 24.3 Å². The van der Waals surface area contributed by atoms with Crippen molar-refractivity contribution >= 4 is 16.3 Å². The highest BCUT2D eigenvalue weighted by Gasteiger charge is 2.49. The van der Waals surface area contributed by atoms with Crippen LogP contribution in [0.3, 0.4) is 0 Å². The minimum absolute atomic E-state index is 0.129. The lowest BCUT2D eigenvalue weighted by atomic mass is 9.54. The van der Waals surface area contributed by atoms with E-state index in [1.54, 1.807) is 12.1 Å². The molecule has 0 aliphatic heterocycles. The van der Waals surface area contributed by atoms with Gasteiger partial charge in [-0.1, -0.05) is 193 Å². The van der Waals surface area contributed by atoms with Crippen LogP contribution in [0.1, 0.15) is 172 Å². The highest BCUT2D eigenvalue weighted by molar-refractivity contribution is 6.14. The number of benzene rings is 6. The van der Waals surface area contributed by atoms with E-state index >= 15 is 26.3 Å². The Bertz CT molecular complexity index is 3090. The standard InChI is InChI=1S/C65H70F6/c1-14-59(5,6)44-28-24-40(25-29-44)53-50-33-32-46(61(9,10)16-3)38-51(50)54(42-20-18-22-48(36-42)64(66,67)68)57-56(53)55(43-21-19-23-49(37-43)65(69,70)71)52-39-47(62(11,12)17-4)34-35-63(52,13)58(57)41-26-30-45(31-27-41)60(7,8)15-2/h18-39,58H,14-17H2,1-13H3. The molecule has 2 aliphatic carbocycles. The van der Waals surface area contributed by atoms with Crippen molar-refractivity contribution in [3.63, 3.8) is 0 Å². The molecule has 0 amide bonds. The Morgan fingerprint density at radius 2 is 0.930 bits per heavy atom. The summed E-state index contributed by atoms with van der Waals surface area (Å²) < 4.78 is 90.5. The molecule has 0 fully saturated rings. The summed E-state index contributed by atoms with van der Waals surface area (Å²) in [5, 5.41) is 1.61. The Hall–Kier alpha value is -5.62. The Morgan fingerprint density at radius 1 is 0.451 bits per heavy atom. The van der Waals surface area contributed by atoms with Gasteiger partial charge in [-0.15, -0.1) is 0 Å². The number of rotatable bonds is 12. The number of allylic oxidation sites excluding steroid dienone is 5. The first-order valence-electron chi connectivity index (χ1n) is 25.5. The van der Waals surface area contributed by atoms with E-state index in [4.69, 9.17) is 0 Å². The molecule has 6 aromatic carbocycles. The Balaban J connectivity index is 1.71. The fourth-order valence-corrected chi connectivity index (χ4v) is 10.8. The van der Waals surface area contributed by atoms with Gasteiger partial charge in [-0.3, -0.25) is 0 Å². The molecular weight excluding hydrogens is 895 g/mol. The summed E-state index contributed by atoms with van der Waals surface area (Å²) in [7, 11) is 0. The molecule has 0 saturated carbocycles. The lowest BCUT2D eigenvalue weighted by Gasteiger charge is -2.48. The number of alkyl halides is 6. The maximum Gasteiger partial charge on any atom is 0.416 e. The van der Waals surface area contributed by atoms with E-state index in [2.05, 4.69) is 175 Å². The Morgan fingerprint density at radius 3 is 1.45 bits per heavy atom. The van der Waals surface area contributed by atoms with Crippen molar-refractivity contribution in [2.75, 3.05) is 0 Å². The van der Waals surface area contributed by atoms with E-state index < -0.39 is 34.8 Å². The van der Waals surface area contributed by atoms with Crippen LogP contribution < -0.4 is 0 Å². The normalized spacial score (nSPS) is 17.9. The van der Waals surface area contributed by atoms with Crippen LogP contribution in [-0.4, -0.2) is 0 Å². The molecule has 0 aromatic heterocycles. The number of hydrogen-bond donors (Lipinski definition) is 0. The minimum atomic E-state index is -4.64. The summed E-state index contributed by atoms with van der Waals surface area (Å²) in [6.07, 6.45) is 0.798. The van der Waals surface area contributed by atoms with Crippen molar-refractivity contribution in [2.24, 2.45) is 10.8 Å². The molecule has 0 bridgehead atoms. The van der Waals surface area contributed by atoms with Gasteiger partial charge in [0.2, 0.25) is 0 Å². The van der Waals surface area contributed by atoms with Gasteiger partial charge in [-0.25, -0.2) is 0 Å². The quantitative estimate of drug-likeness (QED) is 0.107. The van der Waals surface area contributed by atoms with Crippen molar-refractivity contribution in [3.8, 4) is 22.3 Å². The monoisotopic (exact) mass is 965 g/mol. The molecule has 0 radical (unpaired) electrons. The average molecular weight is 965 g/mol. The van der Waals surface area contributed by atoms with Crippen LogP contribution in [0.4, 0.5) is 26.3 Å². The first-order valence-corrected chi connectivity index (χ1v) is 25.5. The molecule has 2 atom stereocenters. The van der Waals surface area contributed by atoms with Crippen molar-refractivity contribution < 1.29 is 26.3 Å². The second-order valence-corrected chi connectivity index (χ2v) is 23.0. The van der Waals surface area contributed by atoms with E-state index in [0.29, 0.717) is 22.3 Å². The predicted octanol–water partition coefficient (Wildman–Crippen LogP) is 20.2. The van der Waals surface area contributed by atoms with Gasteiger partial charge in [0.05, 0.1) is 11.1 Å². The molecule has 372 valence electrons. The molecule has 71 heavy (non-hydrogen) atoms. The first-order chi connectivity index (χ1) is 33.1. The smallest absolute Gasteiger partial charge is 0.166 e. The minimum Gasteiger partial charge on any atom is -0.166 e. The van der Waals surface area contributed by atoms with Crippen molar-refractivity contribution in [1.29, 1.82) is 0 Å². The maximum atomic E-state index is 15.1. The van der Waals surface area contributed by atoms with Crippen LogP contribution in [-0.2, 0) is 28.6 Å². The summed E-state index contributed by atoms with van der Waals surface area (Å²) in [5.41, 5.74) is 8.21. The average Bonchev–Trinajstić information content (AvgIpc) is 3.34. The second-order valence-electron chi connectivity index (χ2n) is 23.0. The van der Waals surface area contributed by atoms with Crippen LogP contribution in [0.15, 0.2) is 145 Å². The van der Waals surface area contributed by atoms with Gasteiger partial charge in [-0.2, -0.15) is 26.3 Å². The van der Waals surface area contributed by atoms with Crippen molar-refractivity contribution in [1.82, 2.24) is 0 Å². The first kappa shape index (κ1) is 51.7. The zero-order chi connectivity index (χ0) is 51.9. The van der Waals surface area contributed by atoms with Crippen LogP contribution in [0, 0.1) is 10.8 Å². The van der Waals surface area contributed by atoms with Crippen molar-refractivity contribution in [3.05, 3.63) is 195 Å². The third-order valence-corrected chi connectivity index (χ3v) is 17.3. The summed E-state index contributed by atoms with van der Waals surface area (Å²) in [6.45, 7) is 28.4. The fraction of sp³-hybridized carbons (Fsp3) is 0.385.